The second-order valence-corrected chi connectivity index (χ2v) is 4.82. The van der Waals surface area contributed by atoms with E-state index < -0.39 is 30.4 Å². The Hall–Kier alpha value is -2.09. The number of urea groups is 1. The summed E-state index contributed by atoms with van der Waals surface area (Å²) < 4.78 is 0. The molecule has 1 unspecified atom stereocenters. The average Bonchev–Trinajstić information content (AvgIpc) is 2.84. The van der Waals surface area contributed by atoms with Gasteiger partial charge in [-0.15, -0.1) is 0 Å². The second kappa shape index (κ2) is 5.70. The summed E-state index contributed by atoms with van der Waals surface area (Å²) in [7, 11) is 0. The minimum absolute atomic E-state index is 0.291. The Morgan fingerprint density at radius 1 is 1.58 bits per heavy atom. The lowest BCUT2D eigenvalue weighted by Crippen LogP contribution is -2.58. The van der Waals surface area contributed by atoms with Gasteiger partial charge in [-0.2, -0.15) is 11.3 Å². The number of piperazine rings is 1. The van der Waals surface area contributed by atoms with E-state index in [1.54, 1.807) is 11.4 Å². The van der Waals surface area contributed by atoms with E-state index >= 15 is 0 Å². The summed E-state index contributed by atoms with van der Waals surface area (Å²) in [5.74, 6) is -1.55. The summed E-state index contributed by atoms with van der Waals surface area (Å²) >= 11 is 1.43. The van der Waals surface area contributed by atoms with Gasteiger partial charge in [-0.25, -0.2) is 4.79 Å². The van der Waals surface area contributed by atoms with Crippen LogP contribution in [-0.2, 0) is 9.59 Å². The monoisotopic (exact) mass is 283 g/mol. The molecule has 1 aliphatic heterocycles. The Morgan fingerprint density at radius 2 is 2.37 bits per heavy atom. The van der Waals surface area contributed by atoms with Gasteiger partial charge in [0.2, 0.25) is 5.91 Å². The summed E-state index contributed by atoms with van der Waals surface area (Å²) in [6.45, 7) is 0.617. The molecule has 1 aromatic heterocycles. The maximum atomic E-state index is 12.0. The summed E-state index contributed by atoms with van der Waals surface area (Å²) in [5.41, 5.74) is 0.634. The molecule has 1 atom stereocenters. The van der Waals surface area contributed by atoms with Crippen LogP contribution in [0.2, 0.25) is 0 Å². The second-order valence-electron chi connectivity index (χ2n) is 4.04. The van der Waals surface area contributed by atoms with E-state index in [1.165, 1.54) is 16.2 Å². The first kappa shape index (κ1) is 13.3. The van der Waals surface area contributed by atoms with Crippen molar-refractivity contribution in [2.24, 2.45) is 0 Å². The van der Waals surface area contributed by atoms with Crippen molar-refractivity contribution < 1.29 is 19.5 Å². The van der Waals surface area contributed by atoms with Crippen LogP contribution in [0.25, 0.3) is 0 Å². The third-order valence-electron chi connectivity index (χ3n) is 2.73. The number of carbonyl (C=O) groups is 3. The largest absolute Gasteiger partial charge is 0.481 e. The van der Waals surface area contributed by atoms with E-state index in [1.807, 2.05) is 5.38 Å². The first-order valence-electron chi connectivity index (χ1n) is 5.67. The Labute approximate surface area is 113 Å². The minimum atomic E-state index is -1.12. The van der Waals surface area contributed by atoms with Crippen LogP contribution in [-0.4, -0.2) is 47.0 Å². The Bertz CT molecular complexity index is 488. The lowest BCUT2D eigenvalue weighted by molar-refractivity contribution is -0.142. The molecule has 1 aromatic rings. The van der Waals surface area contributed by atoms with Gasteiger partial charge in [0.05, 0.1) is 12.1 Å². The molecule has 102 valence electrons. The third kappa shape index (κ3) is 3.22. The summed E-state index contributed by atoms with van der Waals surface area (Å²) in [6.07, 6.45) is -0.400. The van der Waals surface area contributed by atoms with Gasteiger partial charge < -0.3 is 20.6 Å². The zero-order valence-corrected chi connectivity index (χ0v) is 10.8. The van der Waals surface area contributed by atoms with Crippen molar-refractivity contribution in [1.29, 1.82) is 0 Å². The van der Waals surface area contributed by atoms with Crippen LogP contribution in [0.3, 0.4) is 0 Å². The molecular weight excluding hydrogens is 270 g/mol. The highest BCUT2D eigenvalue weighted by Gasteiger charge is 2.34. The number of carboxylic acids is 1. The van der Waals surface area contributed by atoms with E-state index in [-0.39, 0.29) is 0 Å². The van der Waals surface area contributed by atoms with Crippen LogP contribution in [0.5, 0.6) is 0 Å². The Balaban J connectivity index is 2.08. The zero-order chi connectivity index (χ0) is 13.8. The molecule has 2 rings (SSSR count). The molecule has 3 N–H and O–H groups in total. The molecule has 7 nitrogen and oxygen atoms in total. The van der Waals surface area contributed by atoms with Crippen molar-refractivity contribution in [3.05, 3.63) is 16.8 Å². The summed E-state index contributed by atoms with van der Waals surface area (Å²) in [4.78, 5) is 35.7. The van der Waals surface area contributed by atoms with E-state index in [9.17, 15) is 14.4 Å². The molecule has 0 aromatic carbocycles. The number of thiophene rings is 1. The number of anilines is 1. The molecule has 0 spiro atoms. The van der Waals surface area contributed by atoms with Crippen LogP contribution in [0, 0.1) is 0 Å². The molecule has 0 bridgehead atoms. The van der Waals surface area contributed by atoms with E-state index in [0.717, 1.165) is 0 Å². The van der Waals surface area contributed by atoms with Gasteiger partial charge in [-0.1, -0.05) is 0 Å². The molecule has 1 aliphatic rings. The number of amides is 3. The van der Waals surface area contributed by atoms with Crippen molar-refractivity contribution in [3.8, 4) is 0 Å². The van der Waals surface area contributed by atoms with Gasteiger partial charge in [0.1, 0.15) is 6.04 Å². The SMILES string of the molecule is O=C(O)CC1C(=O)NCCN1C(=O)Nc1ccsc1. The quantitative estimate of drug-likeness (QED) is 0.754. The van der Waals surface area contributed by atoms with Crippen LogP contribution < -0.4 is 10.6 Å². The van der Waals surface area contributed by atoms with Crippen molar-refractivity contribution in [3.63, 3.8) is 0 Å². The maximum Gasteiger partial charge on any atom is 0.322 e. The highest BCUT2D eigenvalue weighted by atomic mass is 32.1. The van der Waals surface area contributed by atoms with Crippen LogP contribution >= 0.6 is 11.3 Å². The minimum Gasteiger partial charge on any atom is -0.481 e. The van der Waals surface area contributed by atoms with Crippen LogP contribution in [0.1, 0.15) is 6.42 Å². The molecule has 0 radical (unpaired) electrons. The normalized spacial score (nSPS) is 18.8. The first-order chi connectivity index (χ1) is 9.08. The number of nitrogens with zero attached hydrogens (tertiary/aromatic N) is 1. The van der Waals surface area contributed by atoms with Crippen molar-refractivity contribution in [2.75, 3.05) is 18.4 Å². The number of rotatable bonds is 3. The highest BCUT2D eigenvalue weighted by Crippen LogP contribution is 2.15. The fourth-order valence-electron chi connectivity index (χ4n) is 1.86. The smallest absolute Gasteiger partial charge is 0.322 e. The molecule has 8 heteroatoms. The molecule has 3 amide bonds. The lowest BCUT2D eigenvalue weighted by atomic mass is 10.1. The van der Waals surface area contributed by atoms with Gasteiger partial charge in [0.15, 0.2) is 0 Å². The van der Waals surface area contributed by atoms with E-state index in [0.29, 0.717) is 18.8 Å². The molecule has 0 saturated carbocycles. The molecule has 19 heavy (non-hydrogen) atoms. The van der Waals surface area contributed by atoms with Gasteiger partial charge in [-0.05, 0) is 11.4 Å². The van der Waals surface area contributed by atoms with Gasteiger partial charge in [0, 0.05) is 18.5 Å². The predicted molar refractivity (Wildman–Crippen MR) is 69.1 cm³/mol. The number of carboxylic acid groups (broad SMARTS) is 1. The third-order valence-corrected chi connectivity index (χ3v) is 3.42. The topological polar surface area (TPSA) is 98.7 Å². The summed E-state index contributed by atoms with van der Waals surface area (Å²) in [5, 5.41) is 17.6. The molecule has 1 fully saturated rings. The van der Waals surface area contributed by atoms with Crippen molar-refractivity contribution in [1.82, 2.24) is 10.2 Å². The van der Waals surface area contributed by atoms with Gasteiger partial charge in [-0.3, -0.25) is 9.59 Å². The van der Waals surface area contributed by atoms with E-state index in [2.05, 4.69) is 10.6 Å². The molecule has 1 saturated heterocycles. The van der Waals surface area contributed by atoms with Crippen molar-refractivity contribution in [2.45, 2.75) is 12.5 Å². The Kier molecular flexibility index (Phi) is 4.00. The fraction of sp³-hybridized carbons (Fsp3) is 0.364. The standard InChI is InChI=1S/C11H13N3O4S/c15-9(16)5-8-10(17)12-2-3-14(8)11(18)13-7-1-4-19-6-7/h1,4,6,8H,2-3,5H2,(H,12,17)(H,13,18)(H,15,16). The number of hydrogen-bond acceptors (Lipinski definition) is 4. The van der Waals surface area contributed by atoms with Gasteiger partial charge >= 0.3 is 12.0 Å². The molecule has 2 heterocycles. The molecule has 0 aliphatic carbocycles. The Morgan fingerprint density at radius 3 is 3.00 bits per heavy atom. The maximum absolute atomic E-state index is 12.0. The lowest BCUT2D eigenvalue weighted by Gasteiger charge is -2.34. The first-order valence-corrected chi connectivity index (χ1v) is 6.61. The molecular formula is C11H13N3O4S. The highest BCUT2D eigenvalue weighted by molar-refractivity contribution is 7.08. The number of nitrogens with one attached hydrogen (secondary N) is 2. The number of carbonyl (C=O) groups excluding carboxylic acids is 2. The number of hydrogen-bond donors (Lipinski definition) is 3. The van der Waals surface area contributed by atoms with Crippen LogP contribution in [0.15, 0.2) is 16.8 Å². The predicted octanol–water partition coefficient (Wildman–Crippen LogP) is 0.555. The average molecular weight is 283 g/mol. The number of aliphatic carboxylic acids is 1. The zero-order valence-electron chi connectivity index (χ0n) is 9.96. The van der Waals surface area contributed by atoms with Crippen molar-refractivity contribution >= 4 is 34.9 Å². The summed E-state index contributed by atoms with van der Waals surface area (Å²) in [6, 6.07) is 0.308. The van der Waals surface area contributed by atoms with Crippen LogP contribution in [0.4, 0.5) is 10.5 Å². The van der Waals surface area contributed by atoms with Gasteiger partial charge in [0.25, 0.3) is 0 Å². The fourth-order valence-corrected chi connectivity index (χ4v) is 2.44. The van der Waals surface area contributed by atoms with E-state index in [4.69, 9.17) is 5.11 Å².